The second-order valence-electron chi connectivity index (χ2n) is 6.02. The average molecular weight is 357 g/mol. The van der Waals surface area contributed by atoms with Crippen LogP contribution in [0.25, 0.3) is 0 Å². The van der Waals surface area contributed by atoms with Gasteiger partial charge in [-0.15, -0.1) is 0 Å². The lowest BCUT2D eigenvalue weighted by Gasteiger charge is -2.12. The Hall–Kier alpha value is -2.63. The van der Waals surface area contributed by atoms with Crippen molar-refractivity contribution in [2.45, 2.75) is 47.0 Å². The number of aromatic nitrogens is 2. The van der Waals surface area contributed by atoms with E-state index in [-0.39, 0.29) is 5.91 Å². The molecule has 26 heavy (non-hydrogen) atoms. The van der Waals surface area contributed by atoms with Crippen molar-refractivity contribution in [2.24, 2.45) is 0 Å². The number of nitrogens with one attached hydrogen (secondary N) is 1. The number of amides is 1. The highest BCUT2D eigenvalue weighted by Crippen LogP contribution is 2.21. The van der Waals surface area contributed by atoms with E-state index < -0.39 is 0 Å². The van der Waals surface area contributed by atoms with Crippen LogP contribution in [0.3, 0.4) is 0 Å². The van der Waals surface area contributed by atoms with Crippen molar-refractivity contribution in [3.63, 3.8) is 0 Å². The molecule has 0 bridgehead atoms. The third-order valence-corrected chi connectivity index (χ3v) is 3.90. The van der Waals surface area contributed by atoms with Gasteiger partial charge in [-0.25, -0.2) is 0 Å². The summed E-state index contributed by atoms with van der Waals surface area (Å²) in [6, 6.07) is 7.46. The third-order valence-electron chi connectivity index (χ3n) is 3.90. The second-order valence-corrected chi connectivity index (χ2v) is 6.02. The number of ether oxygens (including phenoxy) is 2. The number of unbranched alkanes of at least 4 members (excludes halogenated alkanes) is 2. The van der Waals surface area contributed by atoms with Crippen LogP contribution >= 0.6 is 0 Å². The predicted octanol–water partition coefficient (Wildman–Crippen LogP) is 4.31. The zero-order valence-electron chi connectivity index (χ0n) is 16.0. The molecule has 0 spiro atoms. The van der Waals surface area contributed by atoms with E-state index in [0.29, 0.717) is 41.9 Å². The first-order valence-corrected chi connectivity index (χ1v) is 9.07. The van der Waals surface area contributed by atoms with Gasteiger partial charge in [0.1, 0.15) is 5.75 Å². The number of carbonyl (C=O) groups excluding carboxylic acids is 1. The van der Waals surface area contributed by atoms with E-state index in [9.17, 15) is 4.79 Å². The van der Waals surface area contributed by atoms with Crippen molar-refractivity contribution in [1.82, 2.24) is 9.97 Å². The van der Waals surface area contributed by atoms with Crippen LogP contribution in [0, 0.1) is 13.8 Å². The third kappa shape index (κ3) is 5.44. The van der Waals surface area contributed by atoms with E-state index in [1.165, 1.54) is 0 Å². The van der Waals surface area contributed by atoms with Crippen LogP contribution in [0.4, 0.5) is 5.69 Å². The lowest BCUT2D eigenvalue weighted by atomic mass is 10.2. The molecule has 1 N–H and O–H groups in total. The topological polar surface area (TPSA) is 73.3 Å². The summed E-state index contributed by atoms with van der Waals surface area (Å²) in [5, 5.41) is 2.88. The molecule has 140 valence electrons. The molecule has 0 aliphatic carbocycles. The quantitative estimate of drug-likeness (QED) is 0.677. The predicted molar refractivity (Wildman–Crippen MR) is 102 cm³/mol. The lowest BCUT2D eigenvalue weighted by Crippen LogP contribution is -2.15. The summed E-state index contributed by atoms with van der Waals surface area (Å²) >= 11 is 0. The molecule has 6 nitrogen and oxygen atoms in total. The molecule has 1 heterocycles. The van der Waals surface area contributed by atoms with Crippen LogP contribution in [0.1, 0.15) is 54.9 Å². The first-order chi connectivity index (χ1) is 12.5. The van der Waals surface area contributed by atoms with Gasteiger partial charge in [-0.05, 0) is 51.5 Å². The van der Waals surface area contributed by atoms with E-state index in [0.717, 1.165) is 25.0 Å². The lowest BCUT2D eigenvalue weighted by molar-refractivity contribution is 0.102. The Kier molecular flexibility index (Phi) is 7.38. The summed E-state index contributed by atoms with van der Waals surface area (Å²) in [5.74, 6) is 0.566. The molecule has 0 radical (unpaired) electrons. The second kappa shape index (κ2) is 9.75. The summed E-state index contributed by atoms with van der Waals surface area (Å²) in [7, 11) is 0. The first-order valence-electron chi connectivity index (χ1n) is 9.07. The van der Waals surface area contributed by atoms with Crippen LogP contribution in [-0.2, 0) is 0 Å². The smallest absolute Gasteiger partial charge is 0.316 e. The zero-order chi connectivity index (χ0) is 18.9. The van der Waals surface area contributed by atoms with Crippen molar-refractivity contribution >= 4 is 11.6 Å². The standard InChI is InChI=1S/C20H27N3O3/c1-5-7-8-13-26-17-11-9-16(10-12-17)19(24)23-18-14(3)21-20(25-6-2)22-15(18)4/h9-12H,5-8,13H2,1-4H3,(H,23,24). The SMILES string of the molecule is CCCCCOc1ccc(C(=O)Nc2c(C)nc(OCC)nc2C)cc1. The molecule has 0 atom stereocenters. The largest absolute Gasteiger partial charge is 0.494 e. The molecule has 0 fully saturated rings. The highest BCUT2D eigenvalue weighted by Gasteiger charge is 2.13. The van der Waals surface area contributed by atoms with Gasteiger partial charge >= 0.3 is 6.01 Å². The van der Waals surface area contributed by atoms with E-state index in [1.807, 2.05) is 32.9 Å². The molecule has 1 amide bonds. The van der Waals surface area contributed by atoms with Gasteiger partial charge in [-0.1, -0.05) is 19.8 Å². The minimum atomic E-state index is -0.207. The fourth-order valence-electron chi connectivity index (χ4n) is 2.49. The summed E-state index contributed by atoms with van der Waals surface area (Å²) in [6.07, 6.45) is 3.36. The minimum Gasteiger partial charge on any atom is -0.494 e. The Bertz CT molecular complexity index is 707. The Balaban J connectivity index is 2.01. The molecule has 0 saturated heterocycles. The van der Waals surface area contributed by atoms with Gasteiger partial charge in [-0.3, -0.25) is 4.79 Å². The number of nitrogens with zero attached hydrogens (tertiary/aromatic N) is 2. The fourth-order valence-corrected chi connectivity index (χ4v) is 2.49. The van der Waals surface area contributed by atoms with Crippen LogP contribution in [0.5, 0.6) is 11.8 Å². The van der Waals surface area contributed by atoms with Crippen LogP contribution in [0.15, 0.2) is 24.3 Å². The van der Waals surface area contributed by atoms with Crippen LogP contribution in [0.2, 0.25) is 0 Å². The molecule has 1 aromatic carbocycles. The summed E-state index contributed by atoms with van der Waals surface area (Å²) in [4.78, 5) is 21.0. The highest BCUT2D eigenvalue weighted by molar-refractivity contribution is 6.04. The summed E-state index contributed by atoms with van der Waals surface area (Å²) < 4.78 is 11.0. The number of anilines is 1. The van der Waals surface area contributed by atoms with E-state index in [1.54, 1.807) is 12.1 Å². The van der Waals surface area contributed by atoms with Crippen molar-refractivity contribution in [3.8, 4) is 11.8 Å². The van der Waals surface area contributed by atoms with Gasteiger partial charge in [0.2, 0.25) is 0 Å². The van der Waals surface area contributed by atoms with Crippen molar-refractivity contribution in [3.05, 3.63) is 41.2 Å². The van der Waals surface area contributed by atoms with Crippen molar-refractivity contribution in [1.29, 1.82) is 0 Å². The van der Waals surface area contributed by atoms with Gasteiger partial charge in [0.05, 0.1) is 30.3 Å². The normalized spacial score (nSPS) is 10.5. The highest BCUT2D eigenvalue weighted by atomic mass is 16.5. The molecular weight excluding hydrogens is 330 g/mol. The Morgan fingerprint density at radius 2 is 1.65 bits per heavy atom. The molecule has 0 unspecified atom stereocenters. The minimum absolute atomic E-state index is 0.207. The molecule has 2 rings (SSSR count). The van der Waals surface area contributed by atoms with Gasteiger partial charge in [-0.2, -0.15) is 9.97 Å². The number of aryl methyl sites for hydroxylation is 2. The number of hydrogen-bond donors (Lipinski definition) is 1. The maximum atomic E-state index is 12.5. The summed E-state index contributed by atoms with van der Waals surface area (Å²) in [6.45, 7) is 8.87. The van der Waals surface area contributed by atoms with Gasteiger partial charge in [0.15, 0.2) is 0 Å². The van der Waals surface area contributed by atoms with Gasteiger partial charge in [0, 0.05) is 5.56 Å². The van der Waals surface area contributed by atoms with Crippen LogP contribution < -0.4 is 14.8 Å². The number of carbonyl (C=O) groups is 1. The Morgan fingerprint density at radius 1 is 1.00 bits per heavy atom. The van der Waals surface area contributed by atoms with Gasteiger partial charge in [0.25, 0.3) is 5.91 Å². The zero-order valence-corrected chi connectivity index (χ0v) is 16.0. The van der Waals surface area contributed by atoms with Crippen molar-refractivity contribution in [2.75, 3.05) is 18.5 Å². The average Bonchev–Trinajstić information content (AvgIpc) is 2.62. The molecule has 0 aliphatic rings. The Morgan fingerprint density at radius 3 is 2.23 bits per heavy atom. The number of rotatable bonds is 9. The summed E-state index contributed by atoms with van der Waals surface area (Å²) in [5.41, 5.74) is 2.51. The fraction of sp³-hybridized carbons (Fsp3) is 0.450. The van der Waals surface area contributed by atoms with E-state index >= 15 is 0 Å². The van der Waals surface area contributed by atoms with Crippen LogP contribution in [-0.4, -0.2) is 29.1 Å². The molecule has 0 aliphatic heterocycles. The maximum absolute atomic E-state index is 12.5. The molecule has 1 aromatic heterocycles. The molecule has 0 saturated carbocycles. The number of benzene rings is 1. The number of hydrogen-bond acceptors (Lipinski definition) is 5. The molecular formula is C20H27N3O3. The molecule has 6 heteroatoms. The Labute approximate surface area is 155 Å². The molecule has 2 aromatic rings. The van der Waals surface area contributed by atoms with Crippen molar-refractivity contribution < 1.29 is 14.3 Å². The van der Waals surface area contributed by atoms with Gasteiger partial charge < -0.3 is 14.8 Å². The van der Waals surface area contributed by atoms with E-state index in [2.05, 4.69) is 22.2 Å². The monoisotopic (exact) mass is 357 g/mol. The first kappa shape index (κ1) is 19.7. The van der Waals surface area contributed by atoms with E-state index in [4.69, 9.17) is 9.47 Å². The maximum Gasteiger partial charge on any atom is 0.316 e.